The summed E-state index contributed by atoms with van der Waals surface area (Å²) in [6.07, 6.45) is 2.24. The molecule has 0 saturated carbocycles. The molecule has 6 heteroatoms. The number of nitrogens with zero attached hydrogens (tertiary/aromatic N) is 2. The van der Waals surface area contributed by atoms with Crippen molar-refractivity contribution < 1.29 is 9.47 Å². The first-order chi connectivity index (χ1) is 11.2. The van der Waals surface area contributed by atoms with Gasteiger partial charge >= 0.3 is 0 Å². The largest absolute Gasteiger partial charge is 0.381 e. The third kappa shape index (κ3) is 5.94. The van der Waals surface area contributed by atoms with Gasteiger partial charge in [-0.1, -0.05) is 6.92 Å². The molecule has 0 bridgehead atoms. The molecule has 0 aliphatic carbocycles. The molecule has 0 aromatic rings. The van der Waals surface area contributed by atoms with E-state index < -0.39 is 0 Å². The Morgan fingerprint density at radius 2 is 2.00 bits per heavy atom. The molecule has 134 valence electrons. The summed E-state index contributed by atoms with van der Waals surface area (Å²) in [5.74, 6) is 1.52. The zero-order chi connectivity index (χ0) is 16.5. The SMILES string of the molecule is CCNC(=NCC(C1CCOC1)N1CCOCC1)NC(C)CC. The lowest BCUT2D eigenvalue weighted by molar-refractivity contribution is 0.00368. The number of aliphatic imine (C=N–C) groups is 1. The van der Waals surface area contributed by atoms with Gasteiger partial charge in [-0.2, -0.15) is 0 Å². The van der Waals surface area contributed by atoms with Gasteiger partial charge < -0.3 is 20.1 Å². The van der Waals surface area contributed by atoms with Crippen LogP contribution in [0.4, 0.5) is 0 Å². The summed E-state index contributed by atoms with van der Waals surface area (Å²) in [7, 11) is 0. The van der Waals surface area contributed by atoms with Crippen molar-refractivity contribution in [3.8, 4) is 0 Å². The van der Waals surface area contributed by atoms with Gasteiger partial charge in [-0.3, -0.25) is 9.89 Å². The van der Waals surface area contributed by atoms with Crippen LogP contribution in [0.1, 0.15) is 33.6 Å². The smallest absolute Gasteiger partial charge is 0.191 e. The first-order valence-corrected chi connectivity index (χ1v) is 9.19. The number of hydrogen-bond donors (Lipinski definition) is 2. The van der Waals surface area contributed by atoms with Crippen LogP contribution in [0.3, 0.4) is 0 Å². The molecule has 2 fully saturated rings. The minimum Gasteiger partial charge on any atom is -0.381 e. The molecule has 2 rings (SSSR count). The van der Waals surface area contributed by atoms with Gasteiger partial charge in [0.05, 0.1) is 26.4 Å². The molecule has 2 heterocycles. The van der Waals surface area contributed by atoms with Crippen LogP contribution in [-0.4, -0.2) is 75.5 Å². The van der Waals surface area contributed by atoms with Crippen LogP contribution in [-0.2, 0) is 9.47 Å². The van der Waals surface area contributed by atoms with E-state index >= 15 is 0 Å². The lowest BCUT2D eigenvalue weighted by Crippen LogP contribution is -2.49. The van der Waals surface area contributed by atoms with E-state index in [1.165, 1.54) is 0 Å². The van der Waals surface area contributed by atoms with Crippen LogP contribution in [0.2, 0.25) is 0 Å². The second-order valence-corrected chi connectivity index (χ2v) is 6.51. The van der Waals surface area contributed by atoms with Gasteiger partial charge in [-0.05, 0) is 26.7 Å². The number of hydrogen-bond acceptors (Lipinski definition) is 4. The molecule has 3 atom stereocenters. The lowest BCUT2D eigenvalue weighted by Gasteiger charge is -2.36. The molecule has 0 spiro atoms. The van der Waals surface area contributed by atoms with Gasteiger partial charge in [0.15, 0.2) is 5.96 Å². The Bertz CT molecular complexity index is 353. The molecule has 2 aliphatic rings. The molecule has 0 aromatic carbocycles. The van der Waals surface area contributed by atoms with E-state index in [-0.39, 0.29) is 0 Å². The molecular weight excluding hydrogens is 292 g/mol. The minimum atomic E-state index is 0.435. The van der Waals surface area contributed by atoms with Crippen molar-refractivity contribution in [1.29, 1.82) is 0 Å². The second-order valence-electron chi connectivity index (χ2n) is 6.51. The van der Waals surface area contributed by atoms with Crippen molar-refractivity contribution in [2.24, 2.45) is 10.9 Å². The normalized spacial score (nSPS) is 26.0. The maximum atomic E-state index is 5.63. The third-order valence-corrected chi connectivity index (χ3v) is 4.80. The molecule has 0 amide bonds. The molecular formula is C17H34N4O2. The first-order valence-electron chi connectivity index (χ1n) is 9.19. The van der Waals surface area contributed by atoms with E-state index in [9.17, 15) is 0 Å². The summed E-state index contributed by atoms with van der Waals surface area (Å²) in [5.41, 5.74) is 0. The van der Waals surface area contributed by atoms with Crippen LogP contribution in [0, 0.1) is 5.92 Å². The average molecular weight is 326 g/mol. The number of nitrogens with one attached hydrogen (secondary N) is 2. The van der Waals surface area contributed by atoms with Crippen molar-refractivity contribution in [3.63, 3.8) is 0 Å². The van der Waals surface area contributed by atoms with Crippen LogP contribution in [0.25, 0.3) is 0 Å². The van der Waals surface area contributed by atoms with Crippen molar-refractivity contribution in [2.75, 3.05) is 52.6 Å². The number of morpholine rings is 1. The fraction of sp³-hybridized carbons (Fsp3) is 0.941. The number of ether oxygens (including phenoxy) is 2. The van der Waals surface area contributed by atoms with Crippen molar-refractivity contribution in [1.82, 2.24) is 15.5 Å². The van der Waals surface area contributed by atoms with E-state index in [0.717, 1.165) is 71.4 Å². The topological polar surface area (TPSA) is 58.1 Å². The predicted octanol–water partition coefficient (Wildman–Crippen LogP) is 1.08. The molecule has 0 radical (unpaired) electrons. The molecule has 0 aromatic heterocycles. The van der Waals surface area contributed by atoms with Crippen molar-refractivity contribution in [2.45, 2.75) is 45.7 Å². The third-order valence-electron chi connectivity index (χ3n) is 4.80. The van der Waals surface area contributed by atoms with Crippen molar-refractivity contribution >= 4 is 5.96 Å². The second kappa shape index (κ2) is 10.1. The van der Waals surface area contributed by atoms with Gasteiger partial charge in [0.2, 0.25) is 0 Å². The van der Waals surface area contributed by atoms with E-state index in [1.807, 2.05) is 0 Å². The van der Waals surface area contributed by atoms with Crippen LogP contribution in [0.5, 0.6) is 0 Å². The fourth-order valence-corrected chi connectivity index (χ4v) is 3.17. The molecule has 6 nitrogen and oxygen atoms in total. The van der Waals surface area contributed by atoms with E-state index in [1.54, 1.807) is 0 Å². The standard InChI is InChI=1S/C17H34N4O2/c1-4-14(3)20-17(18-5-2)19-12-16(15-6-9-23-13-15)21-7-10-22-11-8-21/h14-16H,4-13H2,1-3H3,(H2,18,19,20). The zero-order valence-corrected chi connectivity index (χ0v) is 15.0. The molecule has 23 heavy (non-hydrogen) atoms. The quantitative estimate of drug-likeness (QED) is 0.541. The van der Waals surface area contributed by atoms with Crippen LogP contribution in [0.15, 0.2) is 4.99 Å². The maximum absolute atomic E-state index is 5.63. The summed E-state index contributed by atoms with van der Waals surface area (Å²) in [4.78, 5) is 7.42. The van der Waals surface area contributed by atoms with Gasteiger partial charge in [0, 0.05) is 44.2 Å². The van der Waals surface area contributed by atoms with Crippen LogP contribution < -0.4 is 10.6 Å². The van der Waals surface area contributed by atoms with Crippen molar-refractivity contribution in [3.05, 3.63) is 0 Å². The summed E-state index contributed by atoms with van der Waals surface area (Å²) >= 11 is 0. The Kier molecular flexibility index (Phi) is 8.12. The van der Waals surface area contributed by atoms with Gasteiger partial charge in [0.1, 0.15) is 0 Å². The summed E-state index contributed by atoms with van der Waals surface area (Å²) < 4.78 is 11.1. The van der Waals surface area contributed by atoms with Gasteiger partial charge in [-0.25, -0.2) is 0 Å². The monoisotopic (exact) mass is 326 g/mol. The Hall–Kier alpha value is -0.850. The Morgan fingerprint density at radius 3 is 2.61 bits per heavy atom. The molecule has 3 unspecified atom stereocenters. The highest BCUT2D eigenvalue weighted by molar-refractivity contribution is 5.80. The summed E-state index contributed by atoms with van der Waals surface area (Å²) in [6, 6.07) is 0.887. The number of rotatable bonds is 7. The highest BCUT2D eigenvalue weighted by atomic mass is 16.5. The zero-order valence-electron chi connectivity index (χ0n) is 15.0. The first kappa shape index (κ1) is 18.5. The number of guanidine groups is 1. The fourth-order valence-electron chi connectivity index (χ4n) is 3.17. The maximum Gasteiger partial charge on any atom is 0.191 e. The van der Waals surface area contributed by atoms with Gasteiger partial charge in [-0.15, -0.1) is 0 Å². The predicted molar refractivity (Wildman–Crippen MR) is 94.0 cm³/mol. The Labute approximate surface area is 141 Å². The lowest BCUT2D eigenvalue weighted by atomic mass is 9.97. The highest BCUT2D eigenvalue weighted by Gasteiger charge is 2.31. The molecule has 2 saturated heterocycles. The summed E-state index contributed by atoms with van der Waals surface area (Å²) in [6.45, 7) is 13.6. The Balaban J connectivity index is 2.00. The summed E-state index contributed by atoms with van der Waals surface area (Å²) in [5, 5.41) is 6.84. The molecule has 2 N–H and O–H groups in total. The van der Waals surface area contributed by atoms with Crippen LogP contribution >= 0.6 is 0 Å². The van der Waals surface area contributed by atoms with E-state index in [4.69, 9.17) is 14.5 Å². The highest BCUT2D eigenvalue weighted by Crippen LogP contribution is 2.22. The minimum absolute atomic E-state index is 0.435. The van der Waals surface area contributed by atoms with E-state index in [0.29, 0.717) is 18.0 Å². The van der Waals surface area contributed by atoms with E-state index in [2.05, 4.69) is 36.3 Å². The Morgan fingerprint density at radius 1 is 1.22 bits per heavy atom. The average Bonchev–Trinajstić information content (AvgIpc) is 3.10. The molecule has 2 aliphatic heterocycles. The van der Waals surface area contributed by atoms with Gasteiger partial charge in [0.25, 0.3) is 0 Å².